The highest BCUT2D eigenvalue weighted by Crippen LogP contribution is 2.20. The summed E-state index contributed by atoms with van der Waals surface area (Å²) in [7, 11) is -3.32. The monoisotopic (exact) mass is 357 g/mol. The Kier molecular flexibility index (Phi) is 5.53. The second-order valence-electron chi connectivity index (χ2n) is 6.11. The van der Waals surface area contributed by atoms with E-state index in [1.807, 2.05) is 48.7 Å². The number of fused-ring (bicyclic) bond motifs is 1. The molecule has 0 saturated carbocycles. The van der Waals surface area contributed by atoms with Gasteiger partial charge in [-0.25, -0.2) is 13.1 Å². The molecule has 0 unspecified atom stereocenters. The van der Waals surface area contributed by atoms with Crippen molar-refractivity contribution in [3.8, 4) is 0 Å². The van der Waals surface area contributed by atoms with Crippen LogP contribution in [0, 0.1) is 0 Å². The van der Waals surface area contributed by atoms with Crippen LogP contribution in [-0.4, -0.2) is 25.7 Å². The zero-order valence-corrected chi connectivity index (χ0v) is 14.9. The van der Waals surface area contributed by atoms with Gasteiger partial charge in [0.1, 0.15) is 0 Å². The number of aromatic amines is 1. The van der Waals surface area contributed by atoms with E-state index in [0.717, 1.165) is 28.5 Å². The number of H-pyrrole nitrogens is 1. The lowest BCUT2D eigenvalue weighted by molar-refractivity contribution is 0.580. The molecule has 3 aromatic rings. The summed E-state index contributed by atoms with van der Waals surface area (Å²) in [5, 5.41) is 1.12. The van der Waals surface area contributed by atoms with Crippen molar-refractivity contribution in [3.63, 3.8) is 0 Å². The highest BCUT2D eigenvalue weighted by atomic mass is 32.2. The first-order chi connectivity index (χ1) is 12.1. The molecule has 6 heteroatoms. The minimum absolute atomic E-state index is 0.0714. The molecule has 3 rings (SSSR count). The Labute approximate surface area is 148 Å². The summed E-state index contributed by atoms with van der Waals surface area (Å²) in [5.41, 5.74) is 9.83. The van der Waals surface area contributed by atoms with Gasteiger partial charge in [-0.05, 0) is 48.2 Å². The summed E-state index contributed by atoms with van der Waals surface area (Å²) in [4.78, 5) is 3.22. The summed E-state index contributed by atoms with van der Waals surface area (Å²) in [6, 6.07) is 15.5. The van der Waals surface area contributed by atoms with Crippen LogP contribution >= 0.6 is 0 Å². The molecule has 0 spiro atoms. The molecule has 0 aliphatic carbocycles. The van der Waals surface area contributed by atoms with Crippen LogP contribution in [0.3, 0.4) is 0 Å². The van der Waals surface area contributed by atoms with Gasteiger partial charge in [0.05, 0.1) is 5.75 Å². The molecule has 25 heavy (non-hydrogen) atoms. The smallest absolute Gasteiger partial charge is 0.212 e. The van der Waals surface area contributed by atoms with E-state index in [4.69, 9.17) is 5.73 Å². The van der Waals surface area contributed by atoms with Gasteiger partial charge in [0, 0.05) is 23.6 Å². The van der Waals surface area contributed by atoms with Gasteiger partial charge < -0.3 is 10.7 Å². The third kappa shape index (κ3) is 4.69. The number of hydrogen-bond donors (Lipinski definition) is 3. The van der Waals surface area contributed by atoms with Crippen molar-refractivity contribution in [2.24, 2.45) is 5.73 Å². The largest absolute Gasteiger partial charge is 0.361 e. The first-order valence-corrected chi connectivity index (χ1v) is 10.0. The fraction of sp³-hybridized carbons (Fsp3) is 0.263. The zero-order chi connectivity index (χ0) is 17.7. The second-order valence-corrected chi connectivity index (χ2v) is 8.03. The average molecular weight is 357 g/mol. The highest BCUT2D eigenvalue weighted by molar-refractivity contribution is 7.89. The average Bonchev–Trinajstić information content (AvgIpc) is 3.02. The summed E-state index contributed by atoms with van der Waals surface area (Å²) >= 11 is 0. The number of aromatic nitrogens is 1. The number of nitrogens with two attached hydrogens (primary N) is 1. The molecule has 0 aliphatic rings. The van der Waals surface area contributed by atoms with Crippen molar-refractivity contribution in [1.82, 2.24) is 9.71 Å². The van der Waals surface area contributed by atoms with E-state index in [2.05, 4.69) is 15.8 Å². The molecule has 0 saturated heterocycles. The van der Waals surface area contributed by atoms with Crippen LogP contribution in [0.1, 0.15) is 16.7 Å². The Morgan fingerprint density at radius 1 is 1.00 bits per heavy atom. The fourth-order valence-electron chi connectivity index (χ4n) is 2.86. The number of hydrogen-bond acceptors (Lipinski definition) is 3. The lowest BCUT2D eigenvalue weighted by Gasteiger charge is -2.07. The Bertz CT molecular complexity index is 934. The topological polar surface area (TPSA) is 88.0 Å². The van der Waals surface area contributed by atoms with E-state index in [1.165, 1.54) is 5.56 Å². The number of benzene rings is 2. The third-order valence-electron chi connectivity index (χ3n) is 4.24. The lowest BCUT2D eigenvalue weighted by Crippen LogP contribution is -2.26. The SMILES string of the molecule is NCCc1c[nH]c2ccc(CCS(=O)(=O)NCc3ccccc3)cc12. The van der Waals surface area contributed by atoms with E-state index in [0.29, 0.717) is 19.5 Å². The van der Waals surface area contributed by atoms with E-state index in [1.54, 1.807) is 0 Å². The van der Waals surface area contributed by atoms with Crippen LogP contribution in [0.2, 0.25) is 0 Å². The second kappa shape index (κ2) is 7.82. The minimum Gasteiger partial charge on any atom is -0.361 e. The van der Waals surface area contributed by atoms with Crippen LogP contribution in [0.25, 0.3) is 10.9 Å². The normalized spacial score (nSPS) is 11.9. The van der Waals surface area contributed by atoms with E-state index >= 15 is 0 Å². The molecule has 5 nitrogen and oxygen atoms in total. The van der Waals surface area contributed by atoms with Gasteiger partial charge in [-0.1, -0.05) is 36.4 Å². The molecule has 4 N–H and O–H groups in total. The Morgan fingerprint density at radius 3 is 2.56 bits per heavy atom. The number of nitrogens with one attached hydrogen (secondary N) is 2. The van der Waals surface area contributed by atoms with Crippen molar-refractivity contribution in [2.75, 3.05) is 12.3 Å². The minimum atomic E-state index is -3.32. The summed E-state index contributed by atoms with van der Waals surface area (Å²) < 4.78 is 27.1. The van der Waals surface area contributed by atoms with Crippen molar-refractivity contribution >= 4 is 20.9 Å². The number of aryl methyl sites for hydroxylation is 1. The Hall–Kier alpha value is -2.15. The van der Waals surface area contributed by atoms with Crippen LogP contribution in [0.4, 0.5) is 0 Å². The van der Waals surface area contributed by atoms with Gasteiger partial charge in [0.25, 0.3) is 0 Å². The quantitative estimate of drug-likeness (QED) is 0.578. The van der Waals surface area contributed by atoms with E-state index in [9.17, 15) is 8.42 Å². The molecular formula is C19H23N3O2S. The van der Waals surface area contributed by atoms with Gasteiger partial charge >= 0.3 is 0 Å². The molecule has 0 radical (unpaired) electrons. The van der Waals surface area contributed by atoms with Crippen molar-refractivity contribution in [1.29, 1.82) is 0 Å². The lowest BCUT2D eigenvalue weighted by atomic mass is 10.1. The molecule has 132 valence electrons. The van der Waals surface area contributed by atoms with Crippen molar-refractivity contribution < 1.29 is 8.42 Å². The maximum Gasteiger partial charge on any atom is 0.212 e. The predicted molar refractivity (Wildman–Crippen MR) is 102 cm³/mol. The summed E-state index contributed by atoms with van der Waals surface area (Å²) in [6.45, 7) is 0.912. The molecule has 1 heterocycles. The first-order valence-electron chi connectivity index (χ1n) is 8.37. The van der Waals surface area contributed by atoms with Crippen molar-refractivity contribution in [2.45, 2.75) is 19.4 Å². The van der Waals surface area contributed by atoms with Crippen LogP contribution in [0.15, 0.2) is 54.7 Å². The van der Waals surface area contributed by atoms with Gasteiger partial charge in [-0.15, -0.1) is 0 Å². The molecule has 1 aromatic heterocycles. The summed E-state index contributed by atoms with van der Waals surface area (Å²) in [6.07, 6.45) is 3.26. The molecular weight excluding hydrogens is 334 g/mol. The Balaban J connectivity index is 1.63. The van der Waals surface area contributed by atoms with E-state index < -0.39 is 10.0 Å². The molecule has 0 aliphatic heterocycles. The molecule has 0 atom stereocenters. The van der Waals surface area contributed by atoms with Gasteiger partial charge in [0.15, 0.2) is 0 Å². The molecule has 0 bridgehead atoms. The number of sulfonamides is 1. The molecule has 2 aromatic carbocycles. The maximum absolute atomic E-state index is 12.2. The van der Waals surface area contributed by atoms with Crippen LogP contribution in [-0.2, 0) is 29.4 Å². The number of rotatable bonds is 8. The first kappa shape index (κ1) is 17.7. The summed E-state index contributed by atoms with van der Waals surface area (Å²) in [5.74, 6) is 0.0714. The van der Waals surface area contributed by atoms with Crippen LogP contribution < -0.4 is 10.5 Å². The highest BCUT2D eigenvalue weighted by Gasteiger charge is 2.11. The van der Waals surface area contributed by atoms with Crippen LogP contribution in [0.5, 0.6) is 0 Å². The van der Waals surface area contributed by atoms with E-state index in [-0.39, 0.29) is 5.75 Å². The fourth-order valence-corrected chi connectivity index (χ4v) is 3.89. The van der Waals surface area contributed by atoms with Crippen molar-refractivity contribution in [3.05, 3.63) is 71.4 Å². The Morgan fingerprint density at radius 2 is 1.80 bits per heavy atom. The molecule has 0 amide bonds. The third-order valence-corrected chi connectivity index (χ3v) is 5.57. The van der Waals surface area contributed by atoms with Gasteiger partial charge in [-0.3, -0.25) is 0 Å². The van der Waals surface area contributed by atoms with Gasteiger partial charge in [-0.2, -0.15) is 0 Å². The maximum atomic E-state index is 12.2. The molecule has 0 fully saturated rings. The standard InChI is InChI=1S/C19H23N3O2S/c20-10-8-17-14-21-19-7-6-15(12-18(17)19)9-11-25(23,24)22-13-16-4-2-1-3-5-16/h1-7,12,14,21-22H,8-11,13,20H2. The zero-order valence-electron chi connectivity index (χ0n) is 14.0. The van der Waals surface area contributed by atoms with Gasteiger partial charge in [0.2, 0.25) is 10.0 Å². The predicted octanol–water partition coefficient (Wildman–Crippen LogP) is 2.33.